The molecule has 2 N–H and O–H groups in total. The molecule has 3 rings (SSSR count). The van der Waals surface area contributed by atoms with E-state index in [4.69, 9.17) is 14.2 Å². The van der Waals surface area contributed by atoms with Crippen LogP contribution in [0.3, 0.4) is 0 Å². The van der Waals surface area contributed by atoms with Crippen LogP contribution in [0.2, 0.25) is 0 Å². The third-order valence-corrected chi connectivity index (χ3v) is 5.42. The predicted molar refractivity (Wildman–Crippen MR) is 147 cm³/mol. The average Bonchev–Trinajstić information content (AvgIpc) is 2.95. The van der Waals surface area contributed by atoms with Crippen LogP contribution < -0.4 is 15.4 Å². The van der Waals surface area contributed by atoms with Gasteiger partial charge in [-0.2, -0.15) is 0 Å². The van der Waals surface area contributed by atoms with Gasteiger partial charge in [0, 0.05) is 17.8 Å². The van der Waals surface area contributed by atoms with Gasteiger partial charge in [-0.3, -0.25) is 14.4 Å². The number of anilines is 2. The molecule has 0 aliphatic carbocycles. The molecule has 39 heavy (non-hydrogen) atoms. The Bertz CT molecular complexity index is 1230. The smallest absolute Gasteiger partial charge is 0.338 e. The molecule has 0 atom stereocenters. The zero-order valence-electron chi connectivity index (χ0n) is 21.8. The van der Waals surface area contributed by atoms with E-state index in [9.17, 15) is 19.2 Å². The summed E-state index contributed by atoms with van der Waals surface area (Å²) in [5.74, 6) is -0.682. The summed E-state index contributed by atoms with van der Waals surface area (Å²) in [6.07, 6.45) is 2.56. The Kier molecular flexibility index (Phi) is 11.5. The number of para-hydroxylation sites is 1. The first-order valence-electron chi connectivity index (χ1n) is 12.8. The maximum atomic E-state index is 12.2. The lowest BCUT2D eigenvalue weighted by Crippen LogP contribution is -2.21. The summed E-state index contributed by atoms with van der Waals surface area (Å²) in [5.41, 5.74) is 1.39. The van der Waals surface area contributed by atoms with Crippen molar-refractivity contribution in [3.05, 3.63) is 84.4 Å². The van der Waals surface area contributed by atoms with Gasteiger partial charge in [0.2, 0.25) is 5.91 Å². The highest BCUT2D eigenvalue weighted by Gasteiger charge is 2.12. The van der Waals surface area contributed by atoms with Crippen LogP contribution in [-0.4, -0.2) is 37.0 Å². The van der Waals surface area contributed by atoms with Crippen LogP contribution in [0.15, 0.2) is 78.9 Å². The summed E-state index contributed by atoms with van der Waals surface area (Å²) in [6.45, 7) is 1.97. The highest BCUT2D eigenvalue weighted by Crippen LogP contribution is 2.22. The predicted octanol–water partition coefficient (Wildman–Crippen LogP) is 5.73. The Balaban J connectivity index is 1.32. The Morgan fingerprint density at radius 1 is 0.667 bits per heavy atom. The van der Waals surface area contributed by atoms with Crippen molar-refractivity contribution in [2.75, 3.05) is 23.8 Å². The van der Waals surface area contributed by atoms with Crippen LogP contribution in [0.5, 0.6) is 11.5 Å². The van der Waals surface area contributed by atoms with Crippen molar-refractivity contribution in [1.29, 1.82) is 0 Å². The molecule has 0 radical (unpaired) electrons. The molecule has 0 heterocycles. The molecule has 0 aliphatic heterocycles. The average molecular weight is 533 g/mol. The number of hydrogen-bond acceptors (Lipinski definition) is 7. The van der Waals surface area contributed by atoms with Gasteiger partial charge in [-0.25, -0.2) is 4.79 Å². The molecule has 0 spiro atoms. The van der Waals surface area contributed by atoms with Gasteiger partial charge in [-0.15, -0.1) is 0 Å². The molecule has 3 aromatic rings. The summed E-state index contributed by atoms with van der Waals surface area (Å²) < 4.78 is 15.9. The standard InChI is InChI=1S/C30H32N2O7/c1-2-3-7-20-37-30(36)22-10-12-23(13-11-22)31-27(33)18-19-29(35)38-21-28(34)32-24-14-16-26(17-15-24)39-25-8-5-4-6-9-25/h4-6,8-17H,2-3,7,18-21H2,1H3,(H,31,33)(H,32,34). The second-order valence-corrected chi connectivity index (χ2v) is 8.62. The molecule has 9 nitrogen and oxygen atoms in total. The minimum absolute atomic E-state index is 0.120. The molecule has 9 heteroatoms. The van der Waals surface area contributed by atoms with Crippen LogP contribution >= 0.6 is 0 Å². The quantitative estimate of drug-likeness (QED) is 0.201. The molecular formula is C30H32N2O7. The number of carbonyl (C=O) groups excluding carboxylic acids is 4. The third-order valence-electron chi connectivity index (χ3n) is 5.42. The van der Waals surface area contributed by atoms with Crippen molar-refractivity contribution in [2.24, 2.45) is 0 Å². The molecule has 0 fully saturated rings. The van der Waals surface area contributed by atoms with Crippen molar-refractivity contribution < 1.29 is 33.4 Å². The Labute approximate surface area is 227 Å². The maximum absolute atomic E-state index is 12.2. The molecular weight excluding hydrogens is 500 g/mol. The van der Waals surface area contributed by atoms with E-state index in [2.05, 4.69) is 17.6 Å². The van der Waals surface area contributed by atoms with Crippen LogP contribution in [0.25, 0.3) is 0 Å². The van der Waals surface area contributed by atoms with E-state index in [1.807, 2.05) is 30.3 Å². The van der Waals surface area contributed by atoms with E-state index in [-0.39, 0.29) is 12.8 Å². The van der Waals surface area contributed by atoms with Gasteiger partial charge in [0.15, 0.2) is 6.61 Å². The molecule has 2 amide bonds. The van der Waals surface area contributed by atoms with Gasteiger partial charge in [-0.1, -0.05) is 38.0 Å². The SMILES string of the molecule is CCCCCOC(=O)c1ccc(NC(=O)CCC(=O)OCC(=O)Nc2ccc(Oc3ccccc3)cc2)cc1. The number of nitrogens with one attached hydrogen (secondary N) is 2. The first-order chi connectivity index (χ1) is 18.9. The van der Waals surface area contributed by atoms with Crippen LogP contribution in [0.1, 0.15) is 49.4 Å². The fourth-order valence-corrected chi connectivity index (χ4v) is 3.38. The summed E-state index contributed by atoms with van der Waals surface area (Å²) in [4.78, 5) is 48.2. The Morgan fingerprint density at radius 3 is 1.95 bits per heavy atom. The van der Waals surface area contributed by atoms with Crippen molar-refractivity contribution in [3.63, 3.8) is 0 Å². The monoisotopic (exact) mass is 532 g/mol. The Hall–Kier alpha value is -4.66. The van der Waals surface area contributed by atoms with Gasteiger partial charge in [0.25, 0.3) is 5.91 Å². The van der Waals surface area contributed by atoms with Crippen LogP contribution in [0.4, 0.5) is 11.4 Å². The second kappa shape index (κ2) is 15.6. The lowest BCUT2D eigenvalue weighted by Gasteiger charge is -2.09. The highest BCUT2D eigenvalue weighted by molar-refractivity contribution is 5.95. The summed E-state index contributed by atoms with van der Waals surface area (Å²) in [6, 6.07) is 22.4. The summed E-state index contributed by atoms with van der Waals surface area (Å²) in [5, 5.41) is 5.28. The molecule has 0 saturated heterocycles. The van der Waals surface area contributed by atoms with Crippen molar-refractivity contribution in [3.8, 4) is 11.5 Å². The second-order valence-electron chi connectivity index (χ2n) is 8.62. The molecule has 0 saturated carbocycles. The normalized spacial score (nSPS) is 10.3. The van der Waals surface area contributed by atoms with Gasteiger partial charge in [-0.05, 0) is 67.1 Å². The van der Waals surface area contributed by atoms with E-state index in [0.717, 1.165) is 19.3 Å². The number of rotatable bonds is 14. The number of unbranched alkanes of at least 4 members (excludes halogenated alkanes) is 2. The van der Waals surface area contributed by atoms with Crippen molar-refractivity contribution in [2.45, 2.75) is 39.0 Å². The number of benzene rings is 3. The van der Waals surface area contributed by atoms with Crippen LogP contribution in [-0.2, 0) is 23.9 Å². The van der Waals surface area contributed by atoms with Crippen molar-refractivity contribution >= 4 is 35.1 Å². The maximum Gasteiger partial charge on any atom is 0.338 e. The fraction of sp³-hybridized carbons (Fsp3) is 0.267. The first kappa shape index (κ1) is 28.9. The molecule has 3 aromatic carbocycles. The summed E-state index contributed by atoms with van der Waals surface area (Å²) >= 11 is 0. The van der Waals surface area contributed by atoms with E-state index in [1.54, 1.807) is 48.5 Å². The fourth-order valence-electron chi connectivity index (χ4n) is 3.38. The van der Waals surface area contributed by atoms with E-state index in [0.29, 0.717) is 35.0 Å². The Morgan fingerprint density at radius 2 is 1.28 bits per heavy atom. The minimum atomic E-state index is -0.673. The van der Waals surface area contributed by atoms with Crippen LogP contribution in [0, 0.1) is 0 Å². The van der Waals surface area contributed by atoms with E-state index in [1.165, 1.54) is 0 Å². The van der Waals surface area contributed by atoms with Gasteiger partial charge < -0.3 is 24.8 Å². The molecule has 0 bridgehead atoms. The number of ether oxygens (including phenoxy) is 3. The van der Waals surface area contributed by atoms with E-state index >= 15 is 0 Å². The lowest BCUT2D eigenvalue weighted by molar-refractivity contribution is -0.147. The number of carbonyl (C=O) groups is 4. The molecule has 0 unspecified atom stereocenters. The molecule has 204 valence electrons. The zero-order chi connectivity index (χ0) is 27.9. The third kappa shape index (κ3) is 10.7. The van der Waals surface area contributed by atoms with Gasteiger partial charge in [0.05, 0.1) is 18.6 Å². The number of amides is 2. The first-order valence-corrected chi connectivity index (χ1v) is 12.8. The largest absolute Gasteiger partial charge is 0.462 e. The molecule has 0 aromatic heterocycles. The number of esters is 2. The van der Waals surface area contributed by atoms with Gasteiger partial charge >= 0.3 is 11.9 Å². The topological polar surface area (TPSA) is 120 Å². The van der Waals surface area contributed by atoms with Gasteiger partial charge in [0.1, 0.15) is 11.5 Å². The minimum Gasteiger partial charge on any atom is -0.462 e. The lowest BCUT2D eigenvalue weighted by atomic mass is 10.2. The number of hydrogen-bond donors (Lipinski definition) is 2. The van der Waals surface area contributed by atoms with E-state index < -0.39 is 30.4 Å². The molecule has 0 aliphatic rings. The van der Waals surface area contributed by atoms with Crippen molar-refractivity contribution in [1.82, 2.24) is 0 Å². The zero-order valence-corrected chi connectivity index (χ0v) is 21.8. The summed E-state index contributed by atoms with van der Waals surface area (Å²) in [7, 11) is 0. The highest BCUT2D eigenvalue weighted by atomic mass is 16.5.